The van der Waals surface area contributed by atoms with Crippen molar-refractivity contribution in [3.05, 3.63) is 65.7 Å². The highest BCUT2D eigenvalue weighted by atomic mass is 19.1. The lowest BCUT2D eigenvalue weighted by atomic mass is 10.0. The van der Waals surface area contributed by atoms with Crippen molar-refractivity contribution in [2.75, 3.05) is 34.3 Å². The van der Waals surface area contributed by atoms with Crippen LogP contribution in [0.3, 0.4) is 0 Å². The summed E-state index contributed by atoms with van der Waals surface area (Å²) in [7, 11) is 4.94. The molecule has 2 aromatic carbocycles. The predicted octanol–water partition coefficient (Wildman–Crippen LogP) is 5.28. The largest absolute Gasteiger partial charge is 0.490 e. The zero-order chi connectivity index (χ0) is 34.5. The van der Waals surface area contributed by atoms with E-state index in [2.05, 4.69) is 12.2 Å². The molecular weight excluding hydrogens is 599 g/mol. The first-order valence-electron chi connectivity index (χ1n) is 16.9. The van der Waals surface area contributed by atoms with E-state index in [4.69, 9.17) is 4.74 Å². The molecular formula is C37H53FN4O5. The number of nitrogens with one attached hydrogen (secondary N) is 1. The van der Waals surface area contributed by atoms with Gasteiger partial charge in [0.1, 0.15) is 36.7 Å². The van der Waals surface area contributed by atoms with E-state index in [-0.39, 0.29) is 41.6 Å². The van der Waals surface area contributed by atoms with Gasteiger partial charge in [0, 0.05) is 34.1 Å². The molecule has 1 aliphatic rings. The third-order valence-electron chi connectivity index (χ3n) is 8.62. The van der Waals surface area contributed by atoms with Crippen molar-refractivity contribution in [2.45, 2.75) is 96.4 Å². The number of amides is 4. The normalized spacial score (nSPS) is 16.3. The molecule has 4 atom stereocenters. The molecule has 1 aliphatic heterocycles. The number of nitrogens with zero attached hydrogens (tertiary/aromatic N) is 3. The van der Waals surface area contributed by atoms with E-state index in [9.17, 15) is 23.6 Å². The summed E-state index contributed by atoms with van der Waals surface area (Å²) in [6, 6.07) is 13.8. The van der Waals surface area contributed by atoms with Gasteiger partial charge < -0.3 is 24.8 Å². The Morgan fingerprint density at radius 2 is 1.68 bits per heavy atom. The number of benzene rings is 2. The highest BCUT2D eigenvalue weighted by molar-refractivity contribution is 6.00. The quantitative estimate of drug-likeness (QED) is 0.235. The molecule has 1 heterocycles. The zero-order valence-corrected chi connectivity index (χ0v) is 28.9. The summed E-state index contributed by atoms with van der Waals surface area (Å²) in [5, 5.41) is 2.90. The first-order chi connectivity index (χ1) is 22.4. The number of hydrogen-bond acceptors (Lipinski definition) is 5. The van der Waals surface area contributed by atoms with Gasteiger partial charge in [-0.1, -0.05) is 82.5 Å². The first-order valence-corrected chi connectivity index (χ1v) is 16.9. The molecule has 0 saturated carbocycles. The average Bonchev–Trinajstić information content (AvgIpc) is 3.55. The van der Waals surface area contributed by atoms with E-state index >= 15 is 0 Å². The van der Waals surface area contributed by atoms with Crippen LogP contribution in [0.5, 0.6) is 5.75 Å². The average molecular weight is 653 g/mol. The van der Waals surface area contributed by atoms with Crippen LogP contribution in [0.4, 0.5) is 4.39 Å². The molecule has 10 heteroatoms. The Balaban J connectivity index is 1.77. The van der Waals surface area contributed by atoms with Gasteiger partial charge in [-0.25, -0.2) is 4.39 Å². The molecule has 0 radical (unpaired) electrons. The van der Waals surface area contributed by atoms with Gasteiger partial charge in [-0.05, 0) is 49.3 Å². The van der Waals surface area contributed by atoms with Crippen LogP contribution in [0.15, 0.2) is 54.6 Å². The third kappa shape index (κ3) is 10.8. The number of carbonyl (C=O) groups excluding carboxylic acids is 4. The molecule has 1 N–H and O–H groups in total. The number of ether oxygens (including phenoxy) is 1. The highest BCUT2D eigenvalue weighted by Crippen LogP contribution is 2.25. The van der Waals surface area contributed by atoms with Crippen molar-refractivity contribution in [2.24, 2.45) is 5.92 Å². The monoisotopic (exact) mass is 652 g/mol. The van der Waals surface area contributed by atoms with Crippen LogP contribution >= 0.6 is 0 Å². The molecule has 4 amide bonds. The maximum Gasteiger partial charge on any atom is 0.255 e. The van der Waals surface area contributed by atoms with Gasteiger partial charge in [0.25, 0.3) is 5.91 Å². The number of halogens is 1. The number of para-hydroxylation sites is 1. The SMILES string of the molecule is CCCCC[C@H](F)COc1ccccc1C(=O)N[C@H](CC(C)C)C(=O)N1CCC[C@@H]1C(=O)N(C)[C@@H](Cc1ccccc1)C(=O)N(C)C. The number of unbranched alkanes of at least 4 members (excludes halogenated alkanes) is 2. The molecule has 1 saturated heterocycles. The molecule has 3 rings (SSSR count). The van der Waals surface area contributed by atoms with Crippen molar-refractivity contribution in [3.8, 4) is 5.75 Å². The van der Waals surface area contributed by atoms with Crippen molar-refractivity contribution >= 4 is 23.6 Å². The summed E-state index contributed by atoms with van der Waals surface area (Å²) in [4.78, 5) is 59.4. The molecule has 47 heavy (non-hydrogen) atoms. The van der Waals surface area contributed by atoms with E-state index in [1.165, 1.54) is 9.80 Å². The lowest BCUT2D eigenvalue weighted by Crippen LogP contribution is -2.57. The Hall–Kier alpha value is -3.95. The minimum absolute atomic E-state index is 0.0681. The summed E-state index contributed by atoms with van der Waals surface area (Å²) in [6.45, 7) is 6.20. The lowest BCUT2D eigenvalue weighted by molar-refractivity contribution is -0.149. The third-order valence-corrected chi connectivity index (χ3v) is 8.62. The van der Waals surface area contributed by atoms with E-state index in [0.29, 0.717) is 38.6 Å². The van der Waals surface area contributed by atoms with Gasteiger partial charge >= 0.3 is 0 Å². The number of rotatable bonds is 17. The second-order valence-electron chi connectivity index (χ2n) is 13.1. The number of likely N-dealkylation sites (tertiary alicyclic amines) is 1. The van der Waals surface area contributed by atoms with Crippen molar-refractivity contribution in [3.63, 3.8) is 0 Å². The highest BCUT2D eigenvalue weighted by Gasteiger charge is 2.41. The second kappa shape index (κ2) is 18.4. The Morgan fingerprint density at radius 3 is 2.34 bits per heavy atom. The molecule has 0 unspecified atom stereocenters. The van der Waals surface area contributed by atoms with Crippen LogP contribution in [0.2, 0.25) is 0 Å². The second-order valence-corrected chi connectivity index (χ2v) is 13.1. The predicted molar refractivity (Wildman–Crippen MR) is 182 cm³/mol. The van der Waals surface area contributed by atoms with Crippen LogP contribution in [0.25, 0.3) is 0 Å². The Kier molecular flexibility index (Phi) is 14.7. The summed E-state index contributed by atoms with van der Waals surface area (Å²) < 4.78 is 20.2. The maximum atomic E-state index is 14.5. The standard InChI is InChI=1S/C37H53FN4O5/c1-7-8-10-18-28(38)25-47-33-21-14-13-19-29(33)34(43)39-30(23-26(2)3)35(44)42-22-15-20-31(42)37(46)41(6)32(36(45)40(4)5)24-27-16-11-9-12-17-27/h9,11-14,16-17,19,21,26,28,30-32H,7-8,10,15,18,20,22-25H2,1-6H3,(H,39,43)/t28-,30+,31+,32-/m0/s1. The Bertz CT molecular complexity index is 1320. The molecule has 258 valence electrons. The molecule has 0 spiro atoms. The van der Waals surface area contributed by atoms with E-state index in [0.717, 1.165) is 24.8 Å². The van der Waals surface area contributed by atoms with Crippen LogP contribution in [0, 0.1) is 5.92 Å². The topological polar surface area (TPSA) is 99.3 Å². The van der Waals surface area contributed by atoms with Gasteiger partial charge in [0.15, 0.2) is 0 Å². The minimum Gasteiger partial charge on any atom is -0.490 e. The molecule has 9 nitrogen and oxygen atoms in total. The van der Waals surface area contributed by atoms with E-state index in [1.807, 2.05) is 44.2 Å². The van der Waals surface area contributed by atoms with Crippen LogP contribution in [0.1, 0.15) is 81.6 Å². The zero-order valence-electron chi connectivity index (χ0n) is 28.9. The molecule has 0 aliphatic carbocycles. The smallest absolute Gasteiger partial charge is 0.255 e. The van der Waals surface area contributed by atoms with Gasteiger partial charge in [0.2, 0.25) is 17.7 Å². The Morgan fingerprint density at radius 1 is 1.00 bits per heavy atom. The Labute approximate surface area is 279 Å². The van der Waals surface area contributed by atoms with Crippen molar-refractivity contribution in [1.29, 1.82) is 0 Å². The summed E-state index contributed by atoms with van der Waals surface area (Å²) in [5.41, 5.74) is 1.14. The molecule has 1 fully saturated rings. The van der Waals surface area contributed by atoms with E-state index in [1.54, 1.807) is 50.3 Å². The van der Waals surface area contributed by atoms with Crippen LogP contribution in [-0.2, 0) is 20.8 Å². The minimum atomic E-state index is -1.14. The van der Waals surface area contributed by atoms with Crippen LogP contribution < -0.4 is 10.1 Å². The van der Waals surface area contributed by atoms with Gasteiger partial charge in [-0.3, -0.25) is 19.2 Å². The van der Waals surface area contributed by atoms with Gasteiger partial charge in [0.05, 0.1) is 5.56 Å². The number of likely N-dealkylation sites (N-methyl/N-ethyl adjacent to an activating group) is 2. The molecule has 2 aromatic rings. The summed E-state index contributed by atoms with van der Waals surface area (Å²) in [6.07, 6.45) is 3.78. The maximum absolute atomic E-state index is 14.5. The van der Waals surface area contributed by atoms with Gasteiger partial charge in [-0.15, -0.1) is 0 Å². The summed E-state index contributed by atoms with van der Waals surface area (Å²) in [5.74, 6) is -1.03. The van der Waals surface area contributed by atoms with E-state index < -0.39 is 30.2 Å². The fourth-order valence-electron chi connectivity index (χ4n) is 5.99. The molecule has 0 bridgehead atoms. The fraction of sp³-hybridized carbons (Fsp3) is 0.568. The van der Waals surface area contributed by atoms with Crippen LogP contribution in [-0.4, -0.2) is 96.9 Å². The van der Waals surface area contributed by atoms with Gasteiger partial charge in [-0.2, -0.15) is 0 Å². The molecule has 0 aromatic heterocycles. The van der Waals surface area contributed by atoms with Crippen molar-refractivity contribution < 1.29 is 28.3 Å². The fourth-order valence-corrected chi connectivity index (χ4v) is 5.99. The number of alkyl halides is 1. The first kappa shape index (κ1) is 37.5. The number of hydrogen-bond donors (Lipinski definition) is 1. The lowest BCUT2D eigenvalue weighted by Gasteiger charge is -2.35. The summed E-state index contributed by atoms with van der Waals surface area (Å²) >= 11 is 0. The number of carbonyl (C=O) groups is 4. The van der Waals surface area contributed by atoms with Crippen molar-refractivity contribution in [1.82, 2.24) is 20.0 Å².